The average Bonchev–Trinajstić information content (AvgIpc) is 2.52. The zero-order valence-electron chi connectivity index (χ0n) is 12.9. The highest BCUT2D eigenvalue weighted by molar-refractivity contribution is 5.91. The fourth-order valence-corrected chi connectivity index (χ4v) is 2.19. The summed E-state index contributed by atoms with van der Waals surface area (Å²) >= 11 is 0. The van der Waals surface area contributed by atoms with E-state index in [-0.39, 0.29) is 5.91 Å². The van der Waals surface area contributed by atoms with Crippen LogP contribution in [0.5, 0.6) is 5.75 Å². The van der Waals surface area contributed by atoms with Crippen LogP contribution in [-0.2, 0) is 4.79 Å². The van der Waals surface area contributed by atoms with Gasteiger partial charge >= 0.3 is 0 Å². The third-order valence-electron chi connectivity index (χ3n) is 3.59. The van der Waals surface area contributed by atoms with Crippen LogP contribution in [-0.4, -0.2) is 55.5 Å². The van der Waals surface area contributed by atoms with Gasteiger partial charge < -0.3 is 14.5 Å². The predicted octanol–water partition coefficient (Wildman–Crippen LogP) is 2.26. The maximum Gasteiger partial charge on any atom is 0.246 e. The minimum atomic E-state index is 0.0920. The first-order valence-corrected chi connectivity index (χ1v) is 7.57. The Bertz CT molecular complexity index is 474. The van der Waals surface area contributed by atoms with E-state index in [4.69, 9.17) is 4.74 Å². The van der Waals surface area contributed by atoms with Gasteiger partial charge in [0.25, 0.3) is 0 Å². The lowest BCUT2D eigenvalue weighted by Crippen LogP contribution is -2.46. The molecule has 1 amide bonds. The van der Waals surface area contributed by atoms with E-state index in [1.807, 2.05) is 35.2 Å². The first kappa shape index (κ1) is 15.6. The number of piperazine rings is 1. The third-order valence-corrected chi connectivity index (χ3v) is 3.59. The van der Waals surface area contributed by atoms with Gasteiger partial charge in [-0.05, 0) is 37.2 Å². The number of hydrogen-bond donors (Lipinski definition) is 0. The fourth-order valence-electron chi connectivity index (χ4n) is 2.19. The molecule has 0 aliphatic carbocycles. The van der Waals surface area contributed by atoms with Crippen molar-refractivity contribution in [3.63, 3.8) is 0 Å². The van der Waals surface area contributed by atoms with Gasteiger partial charge in [-0.1, -0.05) is 19.1 Å². The zero-order valence-corrected chi connectivity index (χ0v) is 12.9. The maximum atomic E-state index is 12.1. The number of carbonyl (C=O) groups is 1. The van der Waals surface area contributed by atoms with E-state index in [1.54, 1.807) is 6.08 Å². The normalized spacial score (nSPS) is 16.4. The Balaban J connectivity index is 1.86. The van der Waals surface area contributed by atoms with Crippen molar-refractivity contribution >= 4 is 12.0 Å². The summed E-state index contributed by atoms with van der Waals surface area (Å²) in [4.78, 5) is 16.2. The van der Waals surface area contributed by atoms with Crippen LogP contribution in [0.15, 0.2) is 30.3 Å². The average molecular weight is 288 g/mol. The first-order valence-electron chi connectivity index (χ1n) is 7.57. The molecule has 1 aliphatic rings. The Kier molecular flexibility index (Phi) is 5.81. The number of hydrogen-bond acceptors (Lipinski definition) is 3. The summed E-state index contributed by atoms with van der Waals surface area (Å²) in [6, 6.07) is 7.82. The van der Waals surface area contributed by atoms with Gasteiger partial charge in [-0.3, -0.25) is 4.79 Å². The van der Waals surface area contributed by atoms with Crippen LogP contribution in [0.4, 0.5) is 0 Å². The van der Waals surface area contributed by atoms with Gasteiger partial charge in [0.05, 0.1) is 6.61 Å². The number of rotatable bonds is 5. The van der Waals surface area contributed by atoms with Gasteiger partial charge in [0.1, 0.15) is 5.75 Å². The maximum absolute atomic E-state index is 12.1. The molecule has 0 radical (unpaired) electrons. The molecule has 4 heteroatoms. The molecule has 1 aromatic carbocycles. The largest absolute Gasteiger partial charge is 0.494 e. The molecule has 1 aliphatic heterocycles. The van der Waals surface area contributed by atoms with Crippen LogP contribution in [0.3, 0.4) is 0 Å². The smallest absolute Gasteiger partial charge is 0.246 e. The molecule has 1 saturated heterocycles. The lowest BCUT2D eigenvalue weighted by molar-refractivity contribution is -0.127. The summed E-state index contributed by atoms with van der Waals surface area (Å²) in [6.07, 6.45) is 4.53. The van der Waals surface area contributed by atoms with E-state index in [0.717, 1.165) is 50.5 Å². The fraction of sp³-hybridized carbons (Fsp3) is 0.471. The first-order chi connectivity index (χ1) is 10.2. The van der Waals surface area contributed by atoms with E-state index < -0.39 is 0 Å². The molecule has 0 spiro atoms. The summed E-state index contributed by atoms with van der Waals surface area (Å²) in [7, 11) is 2.08. The number of nitrogens with zero attached hydrogens (tertiary/aromatic N) is 2. The Morgan fingerprint density at radius 1 is 1.19 bits per heavy atom. The lowest BCUT2D eigenvalue weighted by atomic mass is 10.2. The second-order valence-corrected chi connectivity index (χ2v) is 5.38. The monoisotopic (exact) mass is 288 g/mol. The van der Waals surface area contributed by atoms with E-state index >= 15 is 0 Å². The summed E-state index contributed by atoms with van der Waals surface area (Å²) in [5, 5.41) is 0. The molecule has 0 unspecified atom stereocenters. The summed E-state index contributed by atoms with van der Waals surface area (Å²) < 4.78 is 5.54. The molecular weight excluding hydrogens is 264 g/mol. The predicted molar refractivity (Wildman–Crippen MR) is 85.3 cm³/mol. The molecule has 0 atom stereocenters. The lowest BCUT2D eigenvalue weighted by Gasteiger charge is -2.31. The van der Waals surface area contributed by atoms with Gasteiger partial charge in [0.15, 0.2) is 0 Å². The number of ether oxygens (including phenoxy) is 1. The minimum Gasteiger partial charge on any atom is -0.494 e. The molecule has 4 nitrogen and oxygen atoms in total. The molecule has 2 rings (SSSR count). The number of benzene rings is 1. The van der Waals surface area contributed by atoms with Crippen molar-refractivity contribution in [1.29, 1.82) is 0 Å². The van der Waals surface area contributed by atoms with Crippen molar-refractivity contribution in [2.45, 2.75) is 13.3 Å². The van der Waals surface area contributed by atoms with Gasteiger partial charge in [-0.2, -0.15) is 0 Å². The second-order valence-electron chi connectivity index (χ2n) is 5.38. The highest BCUT2D eigenvalue weighted by Gasteiger charge is 2.16. The number of likely N-dealkylation sites (N-methyl/N-ethyl adjacent to an activating group) is 1. The van der Waals surface area contributed by atoms with E-state index in [1.165, 1.54) is 0 Å². The van der Waals surface area contributed by atoms with Crippen LogP contribution in [0.2, 0.25) is 0 Å². The van der Waals surface area contributed by atoms with Crippen molar-refractivity contribution in [2.75, 3.05) is 39.8 Å². The molecular formula is C17H24N2O2. The van der Waals surface area contributed by atoms with Gasteiger partial charge in [0, 0.05) is 32.3 Å². The molecule has 1 heterocycles. The quantitative estimate of drug-likeness (QED) is 0.779. The van der Waals surface area contributed by atoms with Gasteiger partial charge in [-0.15, -0.1) is 0 Å². The van der Waals surface area contributed by atoms with E-state index in [9.17, 15) is 4.79 Å². The molecule has 0 N–H and O–H groups in total. The zero-order chi connectivity index (χ0) is 15.1. The van der Waals surface area contributed by atoms with Gasteiger partial charge in [-0.25, -0.2) is 0 Å². The van der Waals surface area contributed by atoms with Crippen molar-refractivity contribution in [3.8, 4) is 5.75 Å². The Hall–Kier alpha value is -1.81. The molecule has 1 fully saturated rings. The number of carbonyl (C=O) groups excluding carboxylic acids is 1. The standard InChI is InChI=1S/C17H24N2O2/c1-3-14-21-16-7-4-15(5-8-16)6-9-17(20)19-12-10-18(2)11-13-19/h4-9H,3,10-14H2,1-2H3/b9-6+. The SMILES string of the molecule is CCCOc1ccc(/C=C/C(=O)N2CCN(C)CC2)cc1. The molecule has 1 aromatic rings. The number of amides is 1. The van der Waals surface area contributed by atoms with Gasteiger partial charge in [0.2, 0.25) is 5.91 Å². The Morgan fingerprint density at radius 3 is 2.48 bits per heavy atom. The van der Waals surface area contributed by atoms with E-state index in [2.05, 4.69) is 18.9 Å². The van der Waals surface area contributed by atoms with Crippen molar-refractivity contribution < 1.29 is 9.53 Å². The van der Waals surface area contributed by atoms with E-state index in [0.29, 0.717) is 0 Å². The van der Waals surface area contributed by atoms with Crippen LogP contribution in [0.25, 0.3) is 6.08 Å². The highest BCUT2D eigenvalue weighted by Crippen LogP contribution is 2.13. The molecule has 0 saturated carbocycles. The molecule has 114 valence electrons. The van der Waals surface area contributed by atoms with Crippen LogP contribution < -0.4 is 4.74 Å². The summed E-state index contributed by atoms with van der Waals surface area (Å²) in [5.41, 5.74) is 1.02. The summed E-state index contributed by atoms with van der Waals surface area (Å²) in [6.45, 7) is 6.33. The highest BCUT2D eigenvalue weighted by atomic mass is 16.5. The van der Waals surface area contributed by atoms with Crippen LogP contribution >= 0.6 is 0 Å². The Morgan fingerprint density at radius 2 is 1.86 bits per heavy atom. The van der Waals surface area contributed by atoms with Crippen molar-refractivity contribution in [2.24, 2.45) is 0 Å². The van der Waals surface area contributed by atoms with Crippen LogP contribution in [0.1, 0.15) is 18.9 Å². The molecule has 21 heavy (non-hydrogen) atoms. The second kappa shape index (κ2) is 7.84. The third kappa shape index (κ3) is 4.90. The Labute approximate surface area is 127 Å². The molecule has 0 bridgehead atoms. The van der Waals surface area contributed by atoms with Crippen molar-refractivity contribution in [1.82, 2.24) is 9.80 Å². The molecule has 0 aromatic heterocycles. The van der Waals surface area contributed by atoms with Crippen LogP contribution in [0, 0.1) is 0 Å². The summed E-state index contributed by atoms with van der Waals surface area (Å²) in [5.74, 6) is 0.966. The van der Waals surface area contributed by atoms with Crippen molar-refractivity contribution in [3.05, 3.63) is 35.9 Å². The topological polar surface area (TPSA) is 32.8 Å². The minimum absolute atomic E-state index is 0.0920.